The van der Waals surface area contributed by atoms with Crippen LogP contribution in [0, 0.1) is 0 Å². The number of aliphatic hydroxyl groups excluding tert-OH is 1. The van der Waals surface area contributed by atoms with Crippen LogP contribution in [0.15, 0.2) is 30.6 Å². The third-order valence-corrected chi connectivity index (χ3v) is 4.20. The molecule has 0 aliphatic carbocycles. The molecule has 1 atom stereocenters. The topological polar surface area (TPSA) is 44.0 Å². The van der Waals surface area contributed by atoms with E-state index in [1.807, 2.05) is 31.3 Å². The summed E-state index contributed by atoms with van der Waals surface area (Å²) in [6.07, 6.45) is 4.80. The minimum Gasteiger partial charge on any atom is -0.392 e. The van der Waals surface area contributed by atoms with Crippen LogP contribution in [-0.2, 0) is 6.54 Å². The summed E-state index contributed by atoms with van der Waals surface area (Å²) in [5.41, 5.74) is 2.14. The van der Waals surface area contributed by atoms with Crippen molar-refractivity contribution in [2.24, 2.45) is 0 Å². The van der Waals surface area contributed by atoms with Crippen molar-refractivity contribution in [3.8, 4) is 0 Å². The maximum atomic E-state index is 9.72. The number of piperazine rings is 1. The Morgan fingerprint density at radius 2 is 1.95 bits per heavy atom. The maximum Gasteiger partial charge on any atom is 0.137 e. The number of hydrogen-bond donors (Lipinski definition) is 1. The summed E-state index contributed by atoms with van der Waals surface area (Å²) >= 11 is 0. The summed E-state index contributed by atoms with van der Waals surface area (Å²) < 4.78 is 2.07. The first kappa shape index (κ1) is 14.5. The smallest absolute Gasteiger partial charge is 0.137 e. The highest BCUT2D eigenvalue weighted by atomic mass is 16.3. The monoisotopic (exact) mass is 288 g/mol. The highest BCUT2D eigenvalue weighted by molar-refractivity contribution is 5.39. The van der Waals surface area contributed by atoms with E-state index in [2.05, 4.69) is 25.4 Å². The van der Waals surface area contributed by atoms with E-state index in [-0.39, 0.29) is 6.10 Å². The first-order valence-corrected chi connectivity index (χ1v) is 7.80. The van der Waals surface area contributed by atoms with E-state index in [4.69, 9.17) is 0 Å². The van der Waals surface area contributed by atoms with Crippen molar-refractivity contribution in [1.82, 2.24) is 19.2 Å². The summed E-state index contributed by atoms with van der Waals surface area (Å²) in [5.74, 6) is 0. The standard InChI is InChI=1S/C16H24N4O/c1-2-15(21)13-19-9-7-18(8-10-19)11-14-12-20-6-4-3-5-16(20)17-14/h3-6,12,15,21H,2,7-11,13H2,1H3. The number of imidazole rings is 1. The lowest BCUT2D eigenvalue weighted by Crippen LogP contribution is -2.48. The quantitative estimate of drug-likeness (QED) is 0.898. The van der Waals surface area contributed by atoms with E-state index in [0.29, 0.717) is 0 Å². The van der Waals surface area contributed by atoms with Crippen LogP contribution in [0.5, 0.6) is 0 Å². The van der Waals surface area contributed by atoms with Gasteiger partial charge in [-0.25, -0.2) is 4.98 Å². The van der Waals surface area contributed by atoms with Gasteiger partial charge < -0.3 is 9.51 Å². The number of hydrogen-bond acceptors (Lipinski definition) is 4. The fourth-order valence-corrected chi connectivity index (χ4v) is 2.85. The number of fused-ring (bicyclic) bond motifs is 1. The van der Waals surface area contributed by atoms with E-state index in [1.165, 1.54) is 0 Å². The summed E-state index contributed by atoms with van der Waals surface area (Å²) in [5, 5.41) is 9.72. The highest BCUT2D eigenvalue weighted by Crippen LogP contribution is 2.10. The molecule has 1 unspecified atom stereocenters. The van der Waals surface area contributed by atoms with Gasteiger partial charge in [-0.1, -0.05) is 13.0 Å². The summed E-state index contributed by atoms with van der Waals surface area (Å²) in [4.78, 5) is 9.45. The molecular formula is C16H24N4O. The number of aromatic nitrogens is 2. The minimum absolute atomic E-state index is 0.185. The zero-order valence-electron chi connectivity index (χ0n) is 12.6. The van der Waals surface area contributed by atoms with Gasteiger partial charge in [0, 0.05) is 51.7 Å². The molecule has 0 saturated carbocycles. The van der Waals surface area contributed by atoms with Crippen molar-refractivity contribution in [2.45, 2.75) is 26.0 Å². The van der Waals surface area contributed by atoms with Crippen molar-refractivity contribution in [1.29, 1.82) is 0 Å². The van der Waals surface area contributed by atoms with Crippen LogP contribution >= 0.6 is 0 Å². The van der Waals surface area contributed by atoms with Gasteiger partial charge in [-0.3, -0.25) is 9.80 Å². The third kappa shape index (κ3) is 3.61. The van der Waals surface area contributed by atoms with Crippen molar-refractivity contribution in [3.63, 3.8) is 0 Å². The molecule has 3 rings (SSSR count). The molecule has 5 heteroatoms. The molecule has 114 valence electrons. The zero-order chi connectivity index (χ0) is 14.7. The lowest BCUT2D eigenvalue weighted by molar-refractivity contribution is 0.0683. The normalized spacial score (nSPS) is 19.1. The predicted octanol–water partition coefficient (Wildman–Crippen LogP) is 1.22. The average Bonchev–Trinajstić information content (AvgIpc) is 2.91. The van der Waals surface area contributed by atoms with Gasteiger partial charge in [-0.05, 0) is 18.6 Å². The van der Waals surface area contributed by atoms with Crippen LogP contribution in [0.1, 0.15) is 19.0 Å². The average molecular weight is 288 g/mol. The Morgan fingerprint density at radius 3 is 2.67 bits per heavy atom. The van der Waals surface area contributed by atoms with Gasteiger partial charge in [-0.15, -0.1) is 0 Å². The Morgan fingerprint density at radius 1 is 1.19 bits per heavy atom. The Bertz CT molecular complexity index is 541. The summed E-state index contributed by atoms with van der Waals surface area (Å²) in [6.45, 7) is 7.90. The maximum absolute atomic E-state index is 9.72. The first-order valence-electron chi connectivity index (χ1n) is 7.80. The molecule has 0 aromatic carbocycles. The molecule has 0 radical (unpaired) electrons. The minimum atomic E-state index is -0.185. The van der Waals surface area contributed by atoms with E-state index >= 15 is 0 Å². The van der Waals surface area contributed by atoms with Crippen LogP contribution in [0.2, 0.25) is 0 Å². The van der Waals surface area contributed by atoms with Gasteiger partial charge in [0.05, 0.1) is 11.8 Å². The van der Waals surface area contributed by atoms with Gasteiger partial charge in [0.1, 0.15) is 5.65 Å². The van der Waals surface area contributed by atoms with E-state index in [1.54, 1.807) is 0 Å². The molecule has 1 aliphatic rings. The van der Waals surface area contributed by atoms with Crippen LogP contribution in [0.3, 0.4) is 0 Å². The Kier molecular flexibility index (Phi) is 4.53. The molecule has 5 nitrogen and oxygen atoms in total. The fourth-order valence-electron chi connectivity index (χ4n) is 2.85. The molecule has 3 heterocycles. The summed E-state index contributed by atoms with van der Waals surface area (Å²) in [7, 11) is 0. The molecule has 2 aromatic rings. The van der Waals surface area contributed by atoms with Crippen molar-refractivity contribution in [2.75, 3.05) is 32.7 Å². The van der Waals surface area contributed by atoms with E-state index in [9.17, 15) is 5.11 Å². The largest absolute Gasteiger partial charge is 0.392 e. The molecule has 1 aliphatic heterocycles. The highest BCUT2D eigenvalue weighted by Gasteiger charge is 2.19. The molecule has 2 aromatic heterocycles. The molecule has 1 saturated heterocycles. The molecule has 0 bridgehead atoms. The Balaban J connectivity index is 1.53. The van der Waals surface area contributed by atoms with Gasteiger partial charge >= 0.3 is 0 Å². The summed E-state index contributed by atoms with van der Waals surface area (Å²) in [6, 6.07) is 6.08. The molecule has 1 N–H and O–H groups in total. The van der Waals surface area contributed by atoms with Crippen LogP contribution in [0.4, 0.5) is 0 Å². The van der Waals surface area contributed by atoms with Gasteiger partial charge in [-0.2, -0.15) is 0 Å². The van der Waals surface area contributed by atoms with E-state index in [0.717, 1.165) is 57.0 Å². The number of rotatable bonds is 5. The molecule has 21 heavy (non-hydrogen) atoms. The third-order valence-electron chi connectivity index (χ3n) is 4.20. The molecule has 1 fully saturated rings. The second kappa shape index (κ2) is 6.56. The SMILES string of the molecule is CCC(O)CN1CCN(Cc2cn3ccccc3n2)CC1. The van der Waals surface area contributed by atoms with E-state index < -0.39 is 0 Å². The zero-order valence-corrected chi connectivity index (χ0v) is 12.6. The van der Waals surface area contributed by atoms with Crippen LogP contribution in [-0.4, -0.2) is 63.1 Å². The number of nitrogens with zero attached hydrogens (tertiary/aromatic N) is 4. The van der Waals surface area contributed by atoms with Crippen molar-refractivity contribution in [3.05, 3.63) is 36.3 Å². The molecule has 0 amide bonds. The fraction of sp³-hybridized carbons (Fsp3) is 0.562. The number of pyridine rings is 1. The predicted molar refractivity (Wildman–Crippen MR) is 83.2 cm³/mol. The number of β-amino-alcohol motifs (C(OH)–C–C–N with tert-alkyl or cyclic N) is 1. The molecule has 0 spiro atoms. The van der Waals surface area contributed by atoms with Gasteiger partial charge in [0.15, 0.2) is 0 Å². The lowest BCUT2D eigenvalue weighted by atomic mass is 10.2. The van der Waals surface area contributed by atoms with Crippen molar-refractivity contribution < 1.29 is 5.11 Å². The lowest BCUT2D eigenvalue weighted by Gasteiger charge is -2.35. The second-order valence-electron chi connectivity index (χ2n) is 5.84. The van der Waals surface area contributed by atoms with Crippen LogP contribution in [0.25, 0.3) is 5.65 Å². The van der Waals surface area contributed by atoms with Crippen LogP contribution < -0.4 is 0 Å². The Labute approximate surface area is 125 Å². The Hall–Kier alpha value is -1.43. The van der Waals surface area contributed by atoms with Gasteiger partial charge in [0.25, 0.3) is 0 Å². The molecular weight excluding hydrogens is 264 g/mol. The van der Waals surface area contributed by atoms with Gasteiger partial charge in [0.2, 0.25) is 0 Å². The second-order valence-corrected chi connectivity index (χ2v) is 5.84. The number of aliphatic hydroxyl groups is 1. The van der Waals surface area contributed by atoms with Crippen molar-refractivity contribution >= 4 is 5.65 Å². The first-order chi connectivity index (χ1) is 10.2.